The van der Waals surface area contributed by atoms with E-state index in [-0.39, 0.29) is 11.4 Å². The second kappa shape index (κ2) is 8.12. The summed E-state index contributed by atoms with van der Waals surface area (Å²) in [6, 6.07) is 16.0. The number of hydrogen-bond acceptors (Lipinski definition) is 3. The number of aromatic nitrogens is 1. The lowest BCUT2D eigenvalue weighted by Gasteiger charge is -2.13. The Balaban J connectivity index is 1.72. The second-order valence-electron chi connectivity index (χ2n) is 6.27. The van der Waals surface area contributed by atoms with Crippen LogP contribution in [-0.2, 0) is 12.7 Å². The SMILES string of the molecule is Cc1ccc(CNc2ccnc(C(=O)Nc3ccccc3C(F)(F)F)c2)cc1. The topological polar surface area (TPSA) is 54.0 Å². The molecule has 0 aliphatic rings. The van der Waals surface area contributed by atoms with Crippen molar-refractivity contribution in [1.82, 2.24) is 4.98 Å². The zero-order chi connectivity index (χ0) is 20.1. The van der Waals surface area contributed by atoms with Crippen LogP contribution in [0.1, 0.15) is 27.2 Å². The van der Waals surface area contributed by atoms with Crippen LogP contribution >= 0.6 is 0 Å². The van der Waals surface area contributed by atoms with Gasteiger partial charge in [-0.1, -0.05) is 42.0 Å². The minimum Gasteiger partial charge on any atom is -0.381 e. The predicted octanol–water partition coefficient (Wildman–Crippen LogP) is 5.27. The maximum absolute atomic E-state index is 13.1. The number of benzene rings is 2. The number of pyridine rings is 1. The van der Waals surface area contributed by atoms with Gasteiger partial charge in [0.15, 0.2) is 0 Å². The molecule has 28 heavy (non-hydrogen) atoms. The fourth-order valence-corrected chi connectivity index (χ4v) is 2.60. The van der Waals surface area contributed by atoms with Crippen LogP contribution in [0.5, 0.6) is 0 Å². The van der Waals surface area contributed by atoms with Gasteiger partial charge in [0.05, 0.1) is 11.3 Å². The summed E-state index contributed by atoms with van der Waals surface area (Å²) in [6.07, 6.45) is -3.13. The normalized spacial score (nSPS) is 11.1. The zero-order valence-electron chi connectivity index (χ0n) is 15.0. The van der Waals surface area contributed by atoms with Crippen molar-refractivity contribution >= 4 is 17.3 Å². The molecule has 0 aliphatic heterocycles. The van der Waals surface area contributed by atoms with Crippen LogP contribution in [0.2, 0.25) is 0 Å². The second-order valence-corrected chi connectivity index (χ2v) is 6.27. The van der Waals surface area contributed by atoms with Gasteiger partial charge in [-0.25, -0.2) is 0 Å². The molecule has 2 N–H and O–H groups in total. The standard InChI is InChI=1S/C21H18F3N3O/c1-14-6-8-15(9-7-14)13-26-16-10-11-25-19(12-16)20(28)27-18-5-3-2-4-17(18)21(22,23)24/h2-12H,13H2,1H3,(H,25,26)(H,27,28). The lowest BCUT2D eigenvalue weighted by molar-refractivity contribution is -0.136. The van der Waals surface area contributed by atoms with Gasteiger partial charge in [0, 0.05) is 18.4 Å². The lowest BCUT2D eigenvalue weighted by atomic mass is 10.1. The van der Waals surface area contributed by atoms with Crippen molar-refractivity contribution < 1.29 is 18.0 Å². The molecular formula is C21H18F3N3O. The minimum atomic E-state index is -4.56. The van der Waals surface area contributed by atoms with Crippen molar-refractivity contribution in [2.24, 2.45) is 0 Å². The molecule has 4 nitrogen and oxygen atoms in total. The van der Waals surface area contributed by atoms with Crippen molar-refractivity contribution in [3.8, 4) is 0 Å². The average Bonchev–Trinajstić information content (AvgIpc) is 2.67. The van der Waals surface area contributed by atoms with Crippen LogP contribution in [0.3, 0.4) is 0 Å². The molecule has 0 radical (unpaired) electrons. The number of aryl methyl sites for hydroxylation is 1. The first-order valence-electron chi connectivity index (χ1n) is 8.56. The number of hydrogen-bond donors (Lipinski definition) is 2. The van der Waals surface area contributed by atoms with Gasteiger partial charge in [-0.05, 0) is 36.8 Å². The third kappa shape index (κ3) is 4.88. The van der Waals surface area contributed by atoms with Gasteiger partial charge in [-0.15, -0.1) is 0 Å². The molecule has 1 aromatic heterocycles. The summed E-state index contributed by atoms with van der Waals surface area (Å²) >= 11 is 0. The maximum atomic E-state index is 13.1. The van der Waals surface area contributed by atoms with E-state index in [1.54, 1.807) is 6.07 Å². The van der Waals surface area contributed by atoms with E-state index < -0.39 is 17.6 Å². The Hall–Kier alpha value is -3.35. The molecule has 3 aromatic rings. The van der Waals surface area contributed by atoms with Gasteiger partial charge in [0.1, 0.15) is 5.69 Å². The molecule has 1 amide bonds. The number of alkyl halides is 3. The van der Waals surface area contributed by atoms with E-state index >= 15 is 0 Å². The molecular weight excluding hydrogens is 367 g/mol. The highest BCUT2D eigenvalue weighted by atomic mass is 19.4. The first-order chi connectivity index (χ1) is 13.3. The van der Waals surface area contributed by atoms with Crippen LogP contribution in [0.15, 0.2) is 66.9 Å². The molecule has 144 valence electrons. The number of carbonyl (C=O) groups is 1. The van der Waals surface area contributed by atoms with E-state index in [4.69, 9.17) is 0 Å². The number of amides is 1. The lowest BCUT2D eigenvalue weighted by Crippen LogP contribution is -2.17. The van der Waals surface area contributed by atoms with Crippen molar-refractivity contribution in [3.63, 3.8) is 0 Å². The fourth-order valence-electron chi connectivity index (χ4n) is 2.60. The Morgan fingerprint density at radius 3 is 2.46 bits per heavy atom. The summed E-state index contributed by atoms with van der Waals surface area (Å²) in [5.41, 5.74) is 1.67. The Morgan fingerprint density at radius 2 is 1.75 bits per heavy atom. The van der Waals surface area contributed by atoms with Gasteiger partial charge < -0.3 is 10.6 Å². The van der Waals surface area contributed by atoms with Crippen molar-refractivity contribution in [2.45, 2.75) is 19.6 Å². The fraction of sp³-hybridized carbons (Fsp3) is 0.143. The van der Waals surface area contributed by atoms with Crippen LogP contribution in [0.4, 0.5) is 24.5 Å². The highest BCUT2D eigenvalue weighted by Gasteiger charge is 2.33. The van der Waals surface area contributed by atoms with Crippen LogP contribution in [-0.4, -0.2) is 10.9 Å². The van der Waals surface area contributed by atoms with Crippen LogP contribution in [0.25, 0.3) is 0 Å². The number of nitrogens with one attached hydrogen (secondary N) is 2. The molecule has 0 unspecified atom stereocenters. The Morgan fingerprint density at radius 1 is 1.04 bits per heavy atom. The number of para-hydroxylation sites is 1. The number of carbonyl (C=O) groups excluding carboxylic acids is 1. The number of rotatable bonds is 5. The Labute approximate surface area is 160 Å². The number of nitrogens with zero attached hydrogens (tertiary/aromatic N) is 1. The molecule has 2 aromatic carbocycles. The predicted molar refractivity (Wildman–Crippen MR) is 102 cm³/mol. The molecule has 0 saturated heterocycles. The third-order valence-electron chi connectivity index (χ3n) is 4.09. The van der Waals surface area contributed by atoms with Crippen LogP contribution < -0.4 is 10.6 Å². The van der Waals surface area contributed by atoms with Gasteiger partial charge in [-0.3, -0.25) is 9.78 Å². The van der Waals surface area contributed by atoms with Gasteiger partial charge >= 0.3 is 6.18 Å². The monoisotopic (exact) mass is 385 g/mol. The summed E-state index contributed by atoms with van der Waals surface area (Å²) in [4.78, 5) is 16.3. The van der Waals surface area contributed by atoms with E-state index in [2.05, 4.69) is 15.6 Å². The van der Waals surface area contributed by atoms with Gasteiger partial charge in [-0.2, -0.15) is 13.2 Å². The van der Waals surface area contributed by atoms with Crippen LogP contribution in [0, 0.1) is 6.92 Å². The zero-order valence-corrected chi connectivity index (χ0v) is 15.0. The van der Waals surface area contributed by atoms with E-state index in [9.17, 15) is 18.0 Å². The molecule has 1 heterocycles. The molecule has 0 aliphatic carbocycles. The molecule has 7 heteroatoms. The smallest absolute Gasteiger partial charge is 0.381 e. The summed E-state index contributed by atoms with van der Waals surface area (Å²) in [7, 11) is 0. The van der Waals surface area contributed by atoms with E-state index in [0.717, 1.165) is 17.2 Å². The average molecular weight is 385 g/mol. The quantitative estimate of drug-likeness (QED) is 0.629. The summed E-state index contributed by atoms with van der Waals surface area (Å²) in [5.74, 6) is -0.712. The van der Waals surface area contributed by atoms with E-state index in [1.165, 1.54) is 30.5 Å². The summed E-state index contributed by atoms with van der Waals surface area (Å²) < 4.78 is 39.2. The highest BCUT2D eigenvalue weighted by molar-refractivity contribution is 6.03. The molecule has 0 bridgehead atoms. The molecule has 3 rings (SSSR count). The number of anilines is 2. The first-order valence-corrected chi connectivity index (χ1v) is 8.56. The van der Waals surface area contributed by atoms with Crippen molar-refractivity contribution in [2.75, 3.05) is 10.6 Å². The number of halogens is 3. The van der Waals surface area contributed by atoms with Gasteiger partial charge in [0.25, 0.3) is 5.91 Å². The van der Waals surface area contributed by atoms with Crippen molar-refractivity contribution in [1.29, 1.82) is 0 Å². The largest absolute Gasteiger partial charge is 0.418 e. The Kier molecular flexibility index (Phi) is 5.63. The summed E-state index contributed by atoms with van der Waals surface area (Å²) in [6.45, 7) is 2.55. The summed E-state index contributed by atoms with van der Waals surface area (Å²) in [5, 5.41) is 5.47. The minimum absolute atomic E-state index is 0.0193. The Bertz CT molecular complexity index is 969. The van der Waals surface area contributed by atoms with Gasteiger partial charge in [0.2, 0.25) is 0 Å². The van der Waals surface area contributed by atoms with Crippen molar-refractivity contribution in [3.05, 3.63) is 89.2 Å². The van der Waals surface area contributed by atoms with E-state index in [1.807, 2.05) is 31.2 Å². The third-order valence-corrected chi connectivity index (χ3v) is 4.09. The maximum Gasteiger partial charge on any atom is 0.418 e. The molecule has 0 spiro atoms. The molecule has 0 atom stereocenters. The first kappa shape index (κ1) is 19.4. The molecule has 0 fully saturated rings. The highest BCUT2D eigenvalue weighted by Crippen LogP contribution is 2.34. The molecule has 0 saturated carbocycles. The van der Waals surface area contributed by atoms with E-state index in [0.29, 0.717) is 12.2 Å².